The number of aliphatic hydroxyl groups excluding tert-OH is 1. The van der Waals surface area contributed by atoms with Gasteiger partial charge in [-0.2, -0.15) is 0 Å². The average Bonchev–Trinajstić information content (AvgIpc) is 3.17. The number of hydrogen-bond donors (Lipinski definition) is 3. The van der Waals surface area contributed by atoms with E-state index in [1.807, 2.05) is 6.92 Å². The van der Waals surface area contributed by atoms with Crippen LogP contribution in [0.2, 0.25) is 0 Å². The Balaban J connectivity index is 1.63. The summed E-state index contributed by atoms with van der Waals surface area (Å²) in [5.41, 5.74) is 0.658. The van der Waals surface area contributed by atoms with Gasteiger partial charge >= 0.3 is 7.82 Å². The molecule has 2 aromatic rings. The Bertz CT molecular complexity index is 920. The van der Waals surface area contributed by atoms with Gasteiger partial charge in [-0.15, -0.1) is 0 Å². The van der Waals surface area contributed by atoms with E-state index in [0.29, 0.717) is 24.0 Å². The van der Waals surface area contributed by atoms with Crippen LogP contribution in [0.1, 0.15) is 26.0 Å². The van der Waals surface area contributed by atoms with Crippen LogP contribution in [0, 0.1) is 0 Å². The zero-order valence-corrected chi connectivity index (χ0v) is 15.2. The van der Waals surface area contributed by atoms with E-state index in [2.05, 4.69) is 20.3 Å². The first kappa shape index (κ1) is 18.4. The fourth-order valence-electron chi connectivity index (χ4n) is 3.12. The summed E-state index contributed by atoms with van der Waals surface area (Å²) in [4.78, 5) is 33.7. The van der Waals surface area contributed by atoms with Gasteiger partial charge in [0.15, 0.2) is 23.2 Å². The molecule has 2 aliphatic rings. The number of rotatable bonds is 4. The molecule has 5 atom stereocenters. The van der Waals surface area contributed by atoms with Gasteiger partial charge in [0.2, 0.25) is 5.91 Å². The highest BCUT2D eigenvalue weighted by molar-refractivity contribution is 7.47. The van der Waals surface area contributed by atoms with Crippen LogP contribution in [0.25, 0.3) is 11.2 Å². The average molecular weight is 399 g/mol. The fraction of sp³-hybridized carbons (Fsp3) is 0.571. The molecule has 2 fully saturated rings. The molecule has 4 heterocycles. The molecule has 27 heavy (non-hydrogen) atoms. The first-order valence-corrected chi connectivity index (χ1v) is 9.86. The van der Waals surface area contributed by atoms with Crippen LogP contribution in [0.3, 0.4) is 0 Å². The Kier molecular flexibility index (Phi) is 4.70. The number of fused-ring (bicyclic) bond motifs is 2. The maximum absolute atomic E-state index is 11.9. The van der Waals surface area contributed by atoms with Crippen LogP contribution in [-0.2, 0) is 23.1 Å². The summed E-state index contributed by atoms with van der Waals surface area (Å²) in [7, 11) is -4.21. The van der Waals surface area contributed by atoms with Gasteiger partial charge in [-0.25, -0.2) is 19.5 Å². The third kappa shape index (κ3) is 3.35. The van der Waals surface area contributed by atoms with Crippen molar-refractivity contribution in [2.75, 3.05) is 11.9 Å². The lowest BCUT2D eigenvalue weighted by molar-refractivity contribution is -0.116. The number of amides is 1. The maximum atomic E-state index is 11.9. The van der Waals surface area contributed by atoms with Crippen molar-refractivity contribution in [2.24, 2.45) is 0 Å². The van der Waals surface area contributed by atoms with E-state index < -0.39 is 32.4 Å². The number of aliphatic hydroxyl groups is 1. The van der Waals surface area contributed by atoms with Crippen molar-refractivity contribution in [3.63, 3.8) is 0 Å². The number of nitrogens with one attached hydrogen (secondary N) is 1. The van der Waals surface area contributed by atoms with E-state index in [4.69, 9.17) is 13.8 Å². The molecule has 13 heteroatoms. The number of imidazole rings is 1. The normalized spacial score (nSPS) is 33.1. The number of hydrogen-bond acceptors (Lipinski definition) is 9. The zero-order valence-electron chi connectivity index (χ0n) is 14.3. The van der Waals surface area contributed by atoms with Crippen molar-refractivity contribution in [1.82, 2.24) is 19.5 Å². The number of phosphoric ester groups is 1. The lowest BCUT2D eigenvalue weighted by Crippen LogP contribution is -2.39. The van der Waals surface area contributed by atoms with Gasteiger partial charge in [-0.05, 0) is 6.42 Å². The molecule has 0 aliphatic carbocycles. The number of carbonyl (C=O) groups is 1. The minimum absolute atomic E-state index is 0.189. The summed E-state index contributed by atoms with van der Waals surface area (Å²) in [6, 6.07) is 0. The minimum Gasteiger partial charge on any atom is -0.386 e. The second kappa shape index (κ2) is 6.89. The summed E-state index contributed by atoms with van der Waals surface area (Å²) < 4.78 is 28.4. The third-order valence-corrected chi connectivity index (χ3v) is 5.32. The molecular weight excluding hydrogens is 381 g/mol. The Morgan fingerprint density at radius 1 is 1.44 bits per heavy atom. The number of ether oxygens (including phenoxy) is 1. The molecule has 0 aromatic carbocycles. The van der Waals surface area contributed by atoms with Crippen molar-refractivity contribution in [3.05, 3.63) is 12.7 Å². The number of phosphoric acid groups is 1. The second-order valence-electron chi connectivity index (χ2n) is 6.23. The quantitative estimate of drug-likeness (QED) is 0.612. The van der Waals surface area contributed by atoms with Crippen LogP contribution >= 0.6 is 7.82 Å². The van der Waals surface area contributed by atoms with Crippen molar-refractivity contribution in [1.29, 1.82) is 0 Å². The lowest BCUT2D eigenvalue weighted by atomic mass is 10.1. The van der Waals surface area contributed by atoms with E-state index >= 15 is 0 Å². The molecule has 1 amide bonds. The molecule has 2 aromatic heterocycles. The SMILES string of the molecule is CCCC(=O)Nc1ncnc2c1ncn2[C@@H]1O[C@@H]2COP(=O)(O)OC2[C@@H]1O. The molecule has 3 N–H and O–H groups in total. The van der Waals surface area contributed by atoms with E-state index in [0.717, 1.165) is 0 Å². The standard InChI is InChI=1S/C14H18N5O7P/c1-2-3-8(20)18-12-9-13(16-5-15-12)19(6-17-9)14-10(21)11-7(25-14)4-24-27(22,23)26-11/h5-7,10-11,14,21H,2-4H2,1H3,(H,22,23)(H,15,16,18,20)/t7-,10+,11?,14-/m1/s1. The minimum atomic E-state index is -4.21. The highest BCUT2D eigenvalue weighted by Gasteiger charge is 2.52. The van der Waals surface area contributed by atoms with Gasteiger partial charge in [0, 0.05) is 6.42 Å². The van der Waals surface area contributed by atoms with Crippen molar-refractivity contribution in [3.8, 4) is 0 Å². The lowest BCUT2D eigenvalue weighted by Gasteiger charge is -2.27. The topological polar surface area (TPSA) is 158 Å². The summed E-state index contributed by atoms with van der Waals surface area (Å²) in [6.07, 6.45) is -0.262. The molecule has 12 nitrogen and oxygen atoms in total. The van der Waals surface area contributed by atoms with Crippen molar-refractivity contribution >= 4 is 30.7 Å². The number of carbonyl (C=O) groups excluding carboxylic acids is 1. The first-order chi connectivity index (χ1) is 12.9. The van der Waals surface area contributed by atoms with Gasteiger partial charge < -0.3 is 20.1 Å². The molecule has 0 saturated carbocycles. The van der Waals surface area contributed by atoms with E-state index in [9.17, 15) is 19.4 Å². The molecular formula is C14H18N5O7P. The molecule has 146 valence electrons. The van der Waals surface area contributed by atoms with Gasteiger partial charge in [0.05, 0.1) is 12.9 Å². The van der Waals surface area contributed by atoms with Crippen molar-refractivity contribution < 1.29 is 33.1 Å². The van der Waals surface area contributed by atoms with Gasteiger partial charge in [-0.1, -0.05) is 6.92 Å². The van der Waals surface area contributed by atoms with Crippen LogP contribution in [0.15, 0.2) is 12.7 Å². The Morgan fingerprint density at radius 2 is 2.26 bits per heavy atom. The number of nitrogens with zero attached hydrogens (tertiary/aromatic N) is 4. The molecule has 2 unspecified atom stereocenters. The summed E-state index contributed by atoms with van der Waals surface area (Å²) in [6.45, 7) is 1.70. The van der Waals surface area contributed by atoms with Crippen LogP contribution < -0.4 is 5.32 Å². The van der Waals surface area contributed by atoms with E-state index in [1.54, 1.807) is 0 Å². The molecule has 4 rings (SSSR count). The molecule has 0 spiro atoms. The maximum Gasteiger partial charge on any atom is 0.472 e. The molecule has 0 bridgehead atoms. The van der Waals surface area contributed by atoms with E-state index in [1.165, 1.54) is 17.2 Å². The number of anilines is 1. The second-order valence-corrected chi connectivity index (χ2v) is 7.64. The van der Waals surface area contributed by atoms with E-state index in [-0.39, 0.29) is 18.3 Å². The van der Waals surface area contributed by atoms with Crippen LogP contribution in [0.5, 0.6) is 0 Å². The molecule has 0 radical (unpaired) electrons. The van der Waals surface area contributed by atoms with Gasteiger partial charge in [-0.3, -0.25) is 18.4 Å². The van der Waals surface area contributed by atoms with Crippen LogP contribution in [0.4, 0.5) is 5.82 Å². The first-order valence-electron chi connectivity index (χ1n) is 8.36. The van der Waals surface area contributed by atoms with Crippen LogP contribution in [-0.4, -0.2) is 60.3 Å². The summed E-state index contributed by atoms with van der Waals surface area (Å²) >= 11 is 0. The zero-order chi connectivity index (χ0) is 19.2. The summed E-state index contributed by atoms with van der Waals surface area (Å²) in [5.74, 6) is 0.0565. The summed E-state index contributed by atoms with van der Waals surface area (Å²) in [5, 5.41) is 13.2. The third-order valence-electron chi connectivity index (χ3n) is 4.33. The monoisotopic (exact) mass is 399 g/mol. The molecule has 2 aliphatic heterocycles. The fourth-order valence-corrected chi connectivity index (χ4v) is 4.08. The Labute approximate surface area is 153 Å². The van der Waals surface area contributed by atoms with Crippen molar-refractivity contribution in [2.45, 2.75) is 44.3 Å². The Hall–Kier alpha value is -1.95. The predicted octanol–water partition coefficient (Wildman–Crippen LogP) is 0.339. The molecule has 2 saturated heterocycles. The van der Waals surface area contributed by atoms with Gasteiger partial charge in [0.25, 0.3) is 0 Å². The predicted molar refractivity (Wildman–Crippen MR) is 89.4 cm³/mol. The highest BCUT2D eigenvalue weighted by atomic mass is 31.2. The van der Waals surface area contributed by atoms with Gasteiger partial charge in [0.1, 0.15) is 24.6 Å². The smallest absolute Gasteiger partial charge is 0.386 e. The highest BCUT2D eigenvalue weighted by Crippen LogP contribution is 2.52. The largest absolute Gasteiger partial charge is 0.472 e. The number of aromatic nitrogens is 4. The Morgan fingerprint density at radius 3 is 3.04 bits per heavy atom.